The molecule has 1 heterocycles. The van der Waals surface area contributed by atoms with Crippen LogP contribution in [0.5, 0.6) is 0 Å². The molecule has 1 unspecified atom stereocenters. The van der Waals surface area contributed by atoms with Crippen LogP contribution in [0.25, 0.3) is 6.08 Å². The van der Waals surface area contributed by atoms with Crippen molar-refractivity contribution < 1.29 is 9.59 Å². The molecule has 0 radical (unpaired) electrons. The summed E-state index contributed by atoms with van der Waals surface area (Å²) in [6, 6.07) is 4.72. The van der Waals surface area contributed by atoms with Crippen molar-refractivity contribution in [2.75, 3.05) is 20.6 Å². The monoisotopic (exact) mass is 340 g/mol. The van der Waals surface area contributed by atoms with Gasteiger partial charge in [0, 0.05) is 36.8 Å². The van der Waals surface area contributed by atoms with E-state index in [1.807, 2.05) is 0 Å². The molecule has 1 atom stereocenters. The van der Waals surface area contributed by atoms with Gasteiger partial charge in [-0.1, -0.05) is 29.3 Å². The smallest absolute Gasteiger partial charge is 0.247 e. The maximum atomic E-state index is 12.3. The number of hydrogen-bond acceptors (Lipinski definition) is 2. The lowest BCUT2D eigenvalue weighted by Gasteiger charge is -2.25. The Kier molecular flexibility index (Phi) is 5.48. The van der Waals surface area contributed by atoms with Gasteiger partial charge in [0.2, 0.25) is 11.8 Å². The summed E-state index contributed by atoms with van der Waals surface area (Å²) in [5, 5.41) is 1.03. The summed E-state index contributed by atoms with van der Waals surface area (Å²) in [5.41, 5.74) is 0.717. The van der Waals surface area contributed by atoms with Crippen LogP contribution in [0.3, 0.4) is 0 Å². The average Bonchev–Trinajstić information content (AvgIpc) is 2.94. The van der Waals surface area contributed by atoms with E-state index in [0.717, 1.165) is 6.42 Å². The fourth-order valence-electron chi connectivity index (χ4n) is 2.48. The van der Waals surface area contributed by atoms with Gasteiger partial charge in [-0.05, 0) is 36.6 Å². The van der Waals surface area contributed by atoms with Crippen LogP contribution in [0, 0.1) is 0 Å². The zero-order valence-corrected chi connectivity index (χ0v) is 14.1. The molecule has 0 bridgehead atoms. The summed E-state index contributed by atoms with van der Waals surface area (Å²) in [4.78, 5) is 27.6. The number of likely N-dealkylation sites (tertiary alicyclic amines) is 1. The Bertz CT molecular complexity index is 614. The third-order valence-electron chi connectivity index (χ3n) is 3.63. The Hall–Kier alpha value is -1.52. The number of amides is 2. The number of carbonyl (C=O) groups excluding carboxylic acids is 2. The van der Waals surface area contributed by atoms with Gasteiger partial charge in [0.25, 0.3) is 0 Å². The van der Waals surface area contributed by atoms with E-state index in [-0.39, 0.29) is 17.9 Å². The van der Waals surface area contributed by atoms with Crippen LogP contribution in [0.2, 0.25) is 10.0 Å². The van der Waals surface area contributed by atoms with Gasteiger partial charge in [-0.25, -0.2) is 0 Å². The van der Waals surface area contributed by atoms with E-state index in [2.05, 4.69) is 0 Å². The van der Waals surface area contributed by atoms with Gasteiger partial charge in [0.1, 0.15) is 6.04 Å². The lowest BCUT2D eigenvalue weighted by molar-refractivity contribution is -0.139. The SMILES string of the molecule is CN(C)C(=O)C1CCCN1C(=O)C=Cc1ccc(Cl)cc1Cl. The van der Waals surface area contributed by atoms with E-state index in [1.54, 1.807) is 43.3 Å². The third-order valence-corrected chi connectivity index (χ3v) is 4.19. The van der Waals surface area contributed by atoms with Gasteiger partial charge in [-0.15, -0.1) is 0 Å². The van der Waals surface area contributed by atoms with Crippen molar-refractivity contribution in [2.24, 2.45) is 0 Å². The van der Waals surface area contributed by atoms with E-state index >= 15 is 0 Å². The molecule has 0 spiro atoms. The molecule has 1 aromatic rings. The highest BCUT2D eigenvalue weighted by atomic mass is 35.5. The Morgan fingerprint density at radius 3 is 2.68 bits per heavy atom. The lowest BCUT2D eigenvalue weighted by Crippen LogP contribution is -2.44. The number of benzene rings is 1. The number of nitrogens with zero attached hydrogens (tertiary/aromatic N) is 2. The first-order valence-corrected chi connectivity index (χ1v) is 7.80. The maximum absolute atomic E-state index is 12.3. The van der Waals surface area contributed by atoms with Gasteiger partial charge in [0.15, 0.2) is 0 Å². The van der Waals surface area contributed by atoms with Crippen molar-refractivity contribution in [1.29, 1.82) is 0 Å². The van der Waals surface area contributed by atoms with Gasteiger partial charge in [-0.3, -0.25) is 9.59 Å². The van der Waals surface area contributed by atoms with Crippen LogP contribution in [0.1, 0.15) is 18.4 Å². The fraction of sp³-hybridized carbons (Fsp3) is 0.375. The summed E-state index contributed by atoms with van der Waals surface area (Å²) in [5.74, 6) is -0.215. The molecule has 1 saturated heterocycles. The lowest BCUT2D eigenvalue weighted by atomic mass is 10.2. The summed E-state index contributed by atoms with van der Waals surface area (Å²) < 4.78 is 0. The topological polar surface area (TPSA) is 40.6 Å². The zero-order valence-electron chi connectivity index (χ0n) is 12.6. The first-order valence-electron chi connectivity index (χ1n) is 7.05. The van der Waals surface area contributed by atoms with Crippen LogP contribution in [0.4, 0.5) is 0 Å². The molecule has 6 heteroatoms. The Balaban J connectivity index is 2.11. The number of hydrogen-bond donors (Lipinski definition) is 0. The molecular weight excluding hydrogens is 323 g/mol. The first-order chi connectivity index (χ1) is 10.4. The normalized spacial score (nSPS) is 18.0. The molecule has 4 nitrogen and oxygen atoms in total. The van der Waals surface area contributed by atoms with Crippen molar-refractivity contribution in [3.8, 4) is 0 Å². The second-order valence-electron chi connectivity index (χ2n) is 5.42. The van der Waals surface area contributed by atoms with E-state index in [9.17, 15) is 9.59 Å². The predicted octanol–water partition coefficient (Wildman–Crippen LogP) is 3.09. The minimum Gasteiger partial charge on any atom is -0.347 e. The summed E-state index contributed by atoms with van der Waals surface area (Å²) in [6.45, 7) is 0.599. The zero-order chi connectivity index (χ0) is 16.3. The quantitative estimate of drug-likeness (QED) is 0.793. The van der Waals surface area contributed by atoms with Gasteiger partial charge in [-0.2, -0.15) is 0 Å². The van der Waals surface area contributed by atoms with E-state index in [4.69, 9.17) is 23.2 Å². The van der Waals surface area contributed by atoms with Crippen LogP contribution >= 0.6 is 23.2 Å². The largest absolute Gasteiger partial charge is 0.347 e. The molecule has 1 aromatic carbocycles. The minimum atomic E-state index is -0.368. The number of likely N-dealkylation sites (N-methyl/N-ethyl adjacent to an activating group) is 1. The fourth-order valence-corrected chi connectivity index (χ4v) is 2.95. The molecule has 0 aromatic heterocycles. The highest BCUT2D eigenvalue weighted by molar-refractivity contribution is 6.35. The molecule has 22 heavy (non-hydrogen) atoms. The van der Waals surface area contributed by atoms with Crippen LogP contribution in [-0.2, 0) is 9.59 Å². The second kappa shape index (κ2) is 7.16. The molecule has 1 aliphatic heterocycles. The van der Waals surface area contributed by atoms with E-state index in [0.29, 0.717) is 28.6 Å². The Morgan fingerprint density at radius 2 is 2.05 bits per heavy atom. The van der Waals surface area contributed by atoms with Gasteiger partial charge >= 0.3 is 0 Å². The number of carbonyl (C=O) groups is 2. The standard InChI is InChI=1S/C16H18Cl2N2O2/c1-19(2)16(22)14-4-3-9-20(14)15(21)8-6-11-5-7-12(17)10-13(11)18/h5-8,10,14H,3-4,9H2,1-2H3. The Morgan fingerprint density at radius 1 is 1.32 bits per heavy atom. The molecule has 0 N–H and O–H groups in total. The summed E-state index contributed by atoms with van der Waals surface area (Å²) >= 11 is 11.9. The average molecular weight is 341 g/mol. The van der Waals surface area contributed by atoms with Gasteiger partial charge in [0.05, 0.1) is 0 Å². The Labute approximate surface area is 140 Å². The molecule has 1 fully saturated rings. The molecule has 118 valence electrons. The maximum Gasteiger partial charge on any atom is 0.247 e. The van der Waals surface area contributed by atoms with Crippen LogP contribution < -0.4 is 0 Å². The third kappa shape index (κ3) is 3.81. The van der Waals surface area contributed by atoms with Crippen LogP contribution in [-0.4, -0.2) is 48.3 Å². The molecule has 2 rings (SSSR count). The van der Waals surface area contributed by atoms with E-state index < -0.39 is 0 Å². The molecular formula is C16H18Cl2N2O2. The number of halogens is 2. The highest BCUT2D eigenvalue weighted by Crippen LogP contribution is 2.23. The van der Waals surface area contributed by atoms with Crippen molar-refractivity contribution in [2.45, 2.75) is 18.9 Å². The summed E-state index contributed by atoms with van der Waals surface area (Å²) in [7, 11) is 3.40. The first kappa shape index (κ1) is 16.8. The van der Waals surface area contributed by atoms with Crippen molar-refractivity contribution in [3.05, 3.63) is 39.9 Å². The van der Waals surface area contributed by atoms with Crippen molar-refractivity contribution in [3.63, 3.8) is 0 Å². The molecule has 1 aliphatic rings. The molecule has 2 amide bonds. The molecule has 0 saturated carbocycles. The number of rotatable bonds is 3. The molecule has 0 aliphatic carbocycles. The van der Waals surface area contributed by atoms with Gasteiger partial charge < -0.3 is 9.80 Å². The highest BCUT2D eigenvalue weighted by Gasteiger charge is 2.33. The summed E-state index contributed by atoms with van der Waals surface area (Å²) in [6.07, 6.45) is 4.65. The van der Waals surface area contributed by atoms with E-state index in [1.165, 1.54) is 11.0 Å². The minimum absolute atomic E-state index is 0.0382. The van der Waals surface area contributed by atoms with Crippen molar-refractivity contribution in [1.82, 2.24) is 9.80 Å². The predicted molar refractivity (Wildman–Crippen MR) is 88.9 cm³/mol. The van der Waals surface area contributed by atoms with Crippen LogP contribution in [0.15, 0.2) is 24.3 Å². The second-order valence-corrected chi connectivity index (χ2v) is 6.27. The van der Waals surface area contributed by atoms with Crippen molar-refractivity contribution >= 4 is 41.1 Å².